The van der Waals surface area contributed by atoms with Gasteiger partial charge in [0.2, 0.25) is 82.7 Å². The van der Waals surface area contributed by atoms with E-state index in [4.69, 9.17) is 17.2 Å². The number of nitrogens with zero attached hydrogens (tertiary/aromatic N) is 4. The van der Waals surface area contributed by atoms with Gasteiger partial charge in [-0.25, -0.2) is 9.78 Å². The highest BCUT2D eigenvalue weighted by Crippen LogP contribution is 2.25. The van der Waals surface area contributed by atoms with Crippen molar-refractivity contribution >= 4 is 122 Å². The van der Waals surface area contributed by atoms with E-state index >= 15 is 24.0 Å². The van der Waals surface area contributed by atoms with Gasteiger partial charge in [0.1, 0.15) is 66.5 Å². The summed E-state index contributed by atoms with van der Waals surface area (Å²) >= 11 is 0.801. The van der Waals surface area contributed by atoms with Crippen molar-refractivity contribution in [3.63, 3.8) is 0 Å². The van der Waals surface area contributed by atoms with E-state index < -0.39 is 174 Å². The van der Waals surface area contributed by atoms with Gasteiger partial charge in [0.15, 0.2) is 0 Å². The summed E-state index contributed by atoms with van der Waals surface area (Å²) in [6.07, 6.45) is 4.60. The minimum Gasteiger partial charge on any atom is -0.394 e. The first-order valence-corrected chi connectivity index (χ1v) is 40.5. The lowest BCUT2D eigenvalue weighted by molar-refractivity contribution is -0.144. The Hall–Kier alpha value is -12.7. The van der Waals surface area contributed by atoms with Gasteiger partial charge in [-0.05, 0) is 85.3 Å². The summed E-state index contributed by atoms with van der Waals surface area (Å²) in [6.45, 7) is 3.93. The number of aliphatic hydroxyl groups excluding tert-OH is 1. The number of carbonyl (C=O) groups excluding carboxylic acids is 15. The number of imidazole rings is 1. The van der Waals surface area contributed by atoms with Gasteiger partial charge in [0, 0.05) is 119 Å². The SMILES string of the molecule is CC(=O)NCCCC[C@@H](NC(=O)[C@@H]1CSCC(=O)N[C@@H](Cc2ccccc2)C(=O)N[C@@H](Cc2c[nH]cn2)C(=O)N[C@@H](CC(N)=O)C(=O)N[C@@H](CC(C)C)C(=O)N[C@@H](CO)C(=O)N(C)[C@@H](Cc2ccccc2)C(=O)N[C@@H](Cc2cn(C)c3ccccc23)C(=O)N[C@@H](CCCCNC(N)=O)C(=O)N[C@@H](Cc2cn(C)c3ccccc23)C(=O)N1)C(N)=O. The van der Waals surface area contributed by atoms with Crippen molar-refractivity contribution in [2.45, 2.75) is 171 Å². The molecule has 638 valence electrons. The molecule has 0 aliphatic carbocycles. The predicted molar refractivity (Wildman–Crippen MR) is 443 cm³/mol. The molecular formula is C82H108N20O16S. The third-order valence-electron chi connectivity index (χ3n) is 20.1. The number of rotatable bonds is 28. The summed E-state index contributed by atoms with van der Waals surface area (Å²) in [7, 11) is 4.79. The lowest BCUT2D eigenvalue weighted by atomic mass is 9.99. The average molecular weight is 1660 g/mol. The number of nitrogens with one attached hydrogen (secondary N) is 13. The van der Waals surface area contributed by atoms with Crippen molar-refractivity contribution in [1.82, 2.24) is 87.8 Å². The first-order chi connectivity index (χ1) is 56.9. The van der Waals surface area contributed by atoms with E-state index in [2.05, 4.69) is 73.8 Å². The van der Waals surface area contributed by atoms with Gasteiger partial charge in [0.25, 0.3) is 0 Å². The molecule has 4 aromatic carbocycles. The van der Waals surface area contributed by atoms with Crippen molar-refractivity contribution in [3.05, 3.63) is 162 Å². The number of carbonyl (C=O) groups is 15. The molecule has 0 bridgehead atoms. The number of likely N-dealkylation sites (N-methyl/N-ethyl adjacent to an activating group) is 1. The Morgan fingerprint density at radius 3 is 1.56 bits per heavy atom. The zero-order valence-electron chi connectivity index (χ0n) is 67.4. The molecule has 37 heteroatoms. The summed E-state index contributed by atoms with van der Waals surface area (Å²) in [5.74, 6) is -14.5. The number of amides is 16. The van der Waals surface area contributed by atoms with Crippen LogP contribution >= 0.6 is 11.8 Å². The third-order valence-corrected chi connectivity index (χ3v) is 21.2. The van der Waals surface area contributed by atoms with E-state index in [9.17, 15) is 53.1 Å². The van der Waals surface area contributed by atoms with Crippen LogP contribution in [0.4, 0.5) is 4.79 Å². The van der Waals surface area contributed by atoms with Gasteiger partial charge in [-0.3, -0.25) is 67.1 Å². The fraction of sp³-hybridized carbons (Fsp3) is 0.439. The van der Waals surface area contributed by atoms with Crippen LogP contribution in [0.25, 0.3) is 21.8 Å². The van der Waals surface area contributed by atoms with E-state index in [0.717, 1.165) is 27.7 Å². The molecule has 16 amide bonds. The summed E-state index contributed by atoms with van der Waals surface area (Å²) in [4.78, 5) is 224. The number of H-pyrrole nitrogens is 1. The maximum absolute atomic E-state index is 15.7. The number of thioether (sulfide) groups is 1. The second-order valence-electron chi connectivity index (χ2n) is 29.9. The van der Waals surface area contributed by atoms with Crippen LogP contribution in [-0.4, -0.2) is 223 Å². The fourth-order valence-corrected chi connectivity index (χ4v) is 14.8. The summed E-state index contributed by atoms with van der Waals surface area (Å²) in [6, 6.07) is 12.7. The predicted octanol–water partition coefficient (Wildman–Crippen LogP) is -1.13. The number of unbranched alkanes of at least 4 members (excludes halogenated alkanes) is 2. The summed E-state index contributed by atoms with van der Waals surface area (Å²) in [5.41, 5.74) is 20.8. The molecule has 1 saturated heterocycles. The maximum Gasteiger partial charge on any atom is 0.312 e. The van der Waals surface area contributed by atoms with Crippen LogP contribution in [-0.2, 0) is 113 Å². The van der Waals surface area contributed by atoms with Gasteiger partial charge in [-0.2, -0.15) is 0 Å². The summed E-state index contributed by atoms with van der Waals surface area (Å²) in [5, 5.41) is 44.5. The van der Waals surface area contributed by atoms with Crippen LogP contribution < -0.4 is 81.0 Å². The lowest BCUT2D eigenvalue weighted by Gasteiger charge is -2.32. The molecule has 1 aliphatic heterocycles. The molecule has 11 atom stereocenters. The van der Waals surface area contributed by atoms with Crippen molar-refractivity contribution in [2.24, 2.45) is 37.2 Å². The highest BCUT2D eigenvalue weighted by Gasteiger charge is 2.40. The normalized spacial score (nSPS) is 21.2. The number of nitrogens with two attached hydrogens (primary N) is 3. The number of hydrogen-bond acceptors (Lipinski definition) is 18. The second-order valence-corrected chi connectivity index (χ2v) is 30.9. The molecule has 0 radical (unpaired) electrons. The highest BCUT2D eigenvalue weighted by molar-refractivity contribution is 8.00. The molecular weight excluding hydrogens is 1550 g/mol. The van der Waals surface area contributed by atoms with E-state index in [1.807, 2.05) is 28.8 Å². The Bertz CT molecular complexity index is 4710. The largest absolute Gasteiger partial charge is 0.394 e. The van der Waals surface area contributed by atoms with E-state index in [1.54, 1.807) is 130 Å². The molecule has 3 aromatic heterocycles. The van der Waals surface area contributed by atoms with Crippen molar-refractivity contribution in [1.29, 1.82) is 0 Å². The molecule has 0 unspecified atom stereocenters. The molecule has 4 heterocycles. The van der Waals surface area contributed by atoms with Crippen LogP contribution in [0.2, 0.25) is 0 Å². The number of fused-ring (bicyclic) bond motifs is 2. The molecule has 0 spiro atoms. The minimum atomic E-state index is -1.85. The number of aryl methyl sites for hydroxylation is 2. The van der Waals surface area contributed by atoms with Crippen LogP contribution in [0.5, 0.6) is 0 Å². The molecule has 7 aromatic rings. The molecule has 1 fully saturated rings. The number of aromatic amines is 1. The van der Waals surface area contributed by atoms with Crippen molar-refractivity contribution < 1.29 is 77.0 Å². The Morgan fingerprint density at radius 2 is 1.02 bits per heavy atom. The fourth-order valence-electron chi connectivity index (χ4n) is 14.0. The van der Waals surface area contributed by atoms with Crippen LogP contribution in [0.15, 0.2) is 134 Å². The number of para-hydroxylation sites is 2. The standard InChI is InChI=1S/C82H108N20O16S/c1-47(2)33-58-73(109)98-64(43-103)81(117)102(6)68(35-50-23-11-8-12-24-50)80(116)97-61(37-52-42-101(5)67-30-16-14-26-55(52)67)75(111)92-57(28-18-20-32-88-82(85)118)72(108)94-60(36-51-41-100(4)66-29-15-13-25-54(51)66)76(112)99-65(79(115)91-56(71(84)107)27-17-19-31-87-48(3)104)44-119-45-70(106)90-59(34-49-21-9-7-10-22-49)74(110)95-62(38-53-40-86-46-89-53)77(113)96-63(39-69(83)105)78(114)93-58/h7-16,21-26,29-30,40-42,46-47,56-65,68,103H,17-20,27-28,31-39,43-45H2,1-6H3,(H2,83,105)(H2,84,107)(H,86,89)(H,87,104)(H,90,106)(H,91,115)(H,92,111)(H,93,114)(H,94,108)(H,95,110)(H,96,113)(H,97,116)(H,98,109)(H,99,112)(H3,85,88,118)/t56-,57+,58+,59+,60+,61+,62+,63+,64+,65+,68+/m1/s1. The number of primary amides is 3. The van der Waals surface area contributed by atoms with Crippen LogP contribution in [0, 0.1) is 5.92 Å². The average Bonchev–Trinajstić information content (AvgIpc) is 1.67. The molecule has 0 saturated carbocycles. The van der Waals surface area contributed by atoms with Crippen molar-refractivity contribution in [3.8, 4) is 0 Å². The zero-order valence-corrected chi connectivity index (χ0v) is 68.2. The summed E-state index contributed by atoms with van der Waals surface area (Å²) < 4.78 is 3.61. The minimum absolute atomic E-state index is 0.0258. The van der Waals surface area contributed by atoms with Gasteiger partial charge >= 0.3 is 6.03 Å². The monoisotopic (exact) mass is 1660 g/mol. The first kappa shape index (κ1) is 91.8. The van der Waals surface area contributed by atoms with Crippen LogP contribution in [0.3, 0.4) is 0 Å². The number of hydrogen-bond donors (Lipinski definition) is 17. The van der Waals surface area contributed by atoms with Gasteiger partial charge < -0.3 is 105 Å². The Morgan fingerprint density at radius 1 is 0.538 bits per heavy atom. The number of aromatic nitrogens is 4. The molecule has 20 N–H and O–H groups in total. The molecule has 36 nitrogen and oxygen atoms in total. The van der Waals surface area contributed by atoms with Gasteiger partial charge in [-0.1, -0.05) is 111 Å². The lowest BCUT2D eigenvalue weighted by Crippen LogP contribution is -2.62. The Labute approximate surface area is 692 Å². The first-order valence-electron chi connectivity index (χ1n) is 39.3. The Kier molecular flexibility index (Phi) is 34.9. The quantitative estimate of drug-likeness (QED) is 0.0258. The number of aliphatic hydroxyl groups is 1. The molecule has 119 heavy (non-hydrogen) atoms. The molecule has 1 aliphatic rings. The van der Waals surface area contributed by atoms with Gasteiger partial charge in [-0.15, -0.1) is 11.8 Å². The smallest absolute Gasteiger partial charge is 0.312 e. The molecule has 8 rings (SSSR count). The van der Waals surface area contributed by atoms with Crippen molar-refractivity contribution in [2.75, 3.05) is 38.2 Å². The topological polar surface area (TPSA) is 540 Å². The number of benzene rings is 4. The van der Waals surface area contributed by atoms with Gasteiger partial charge in [0.05, 0.1) is 30.8 Å². The second kappa shape index (κ2) is 45.2. The third kappa shape index (κ3) is 28.0. The highest BCUT2D eigenvalue weighted by atomic mass is 32.2. The van der Waals surface area contributed by atoms with Crippen LogP contribution in [0.1, 0.15) is 100 Å². The van der Waals surface area contributed by atoms with E-state index in [-0.39, 0.29) is 101 Å². The zero-order chi connectivity index (χ0) is 86.4. The number of urea groups is 1. The maximum atomic E-state index is 15.7. The van der Waals surface area contributed by atoms with E-state index in [1.165, 1.54) is 26.5 Å². The Balaban J connectivity index is 1.26. The van der Waals surface area contributed by atoms with E-state index in [0.29, 0.717) is 39.4 Å².